The number of amides is 3. The van der Waals surface area contributed by atoms with E-state index in [2.05, 4.69) is 0 Å². The van der Waals surface area contributed by atoms with Crippen LogP contribution in [0.4, 0.5) is 10.1 Å². The van der Waals surface area contributed by atoms with Gasteiger partial charge in [-0.25, -0.2) is 9.29 Å². The van der Waals surface area contributed by atoms with Gasteiger partial charge in [-0.1, -0.05) is 35.9 Å². The average molecular weight is 481 g/mol. The lowest BCUT2D eigenvalue weighted by atomic mass is 10.1. The molecule has 3 amide bonds. The number of methoxy groups -OCH3 is 1. The number of imide groups is 1. The summed E-state index contributed by atoms with van der Waals surface area (Å²) in [4.78, 5) is 42.0. The van der Waals surface area contributed by atoms with Gasteiger partial charge in [-0.05, 0) is 59.7 Å². The van der Waals surface area contributed by atoms with Gasteiger partial charge in [0.1, 0.15) is 17.6 Å². The van der Waals surface area contributed by atoms with Crippen molar-refractivity contribution in [3.05, 3.63) is 94.8 Å². The van der Waals surface area contributed by atoms with Crippen LogP contribution in [0.2, 0.25) is 5.02 Å². The van der Waals surface area contributed by atoms with Crippen LogP contribution in [0.15, 0.2) is 72.8 Å². The lowest BCUT2D eigenvalue weighted by molar-refractivity contribution is -0.138. The highest BCUT2D eigenvalue weighted by atomic mass is 35.5. The molecule has 1 heterocycles. The summed E-state index contributed by atoms with van der Waals surface area (Å²) >= 11 is 5.94. The second-order valence-corrected chi connectivity index (χ2v) is 8.37. The van der Waals surface area contributed by atoms with Crippen LogP contribution in [0, 0.1) is 5.82 Å². The molecule has 1 aliphatic heterocycles. The third-order valence-corrected chi connectivity index (χ3v) is 5.94. The molecule has 0 aliphatic carbocycles. The van der Waals surface area contributed by atoms with E-state index in [9.17, 15) is 18.8 Å². The molecule has 1 unspecified atom stereocenters. The first kappa shape index (κ1) is 23.4. The first-order chi connectivity index (χ1) is 16.4. The predicted octanol–water partition coefficient (Wildman–Crippen LogP) is 4.39. The second-order valence-electron chi connectivity index (χ2n) is 7.94. The summed E-state index contributed by atoms with van der Waals surface area (Å²) in [5.74, 6) is -1.02. The molecule has 4 rings (SSSR count). The molecule has 0 bridgehead atoms. The van der Waals surface area contributed by atoms with Crippen molar-refractivity contribution in [2.75, 3.05) is 12.0 Å². The van der Waals surface area contributed by atoms with Crippen molar-refractivity contribution < 1.29 is 23.5 Å². The molecule has 1 fully saturated rings. The maximum absolute atomic E-state index is 13.4. The number of rotatable bonds is 7. The third-order valence-electron chi connectivity index (χ3n) is 5.68. The molecule has 0 N–H and O–H groups in total. The SMILES string of the molecule is COc1ccc(N2C(=O)CC(N(Cc3ccc(F)cc3)C(=O)Cc3ccc(Cl)cc3)C2=O)cc1. The van der Waals surface area contributed by atoms with Crippen molar-refractivity contribution in [2.24, 2.45) is 0 Å². The third kappa shape index (κ3) is 5.10. The van der Waals surface area contributed by atoms with Crippen LogP contribution in [0.3, 0.4) is 0 Å². The fourth-order valence-corrected chi connectivity index (χ4v) is 4.03. The highest BCUT2D eigenvalue weighted by molar-refractivity contribution is 6.30. The van der Waals surface area contributed by atoms with E-state index in [0.29, 0.717) is 22.0 Å². The summed E-state index contributed by atoms with van der Waals surface area (Å²) in [5.41, 5.74) is 1.78. The molecule has 0 saturated carbocycles. The molecular weight excluding hydrogens is 459 g/mol. The van der Waals surface area contributed by atoms with E-state index in [4.69, 9.17) is 16.3 Å². The Bertz CT molecular complexity index is 1200. The Balaban J connectivity index is 1.62. The molecule has 8 heteroatoms. The number of hydrogen-bond donors (Lipinski definition) is 0. The maximum Gasteiger partial charge on any atom is 0.257 e. The molecule has 0 aromatic heterocycles. The summed E-state index contributed by atoms with van der Waals surface area (Å²) in [6, 6.07) is 18.1. The van der Waals surface area contributed by atoms with Gasteiger partial charge >= 0.3 is 0 Å². The molecule has 1 aliphatic rings. The van der Waals surface area contributed by atoms with Crippen molar-refractivity contribution in [1.29, 1.82) is 0 Å². The van der Waals surface area contributed by atoms with Gasteiger partial charge in [0.2, 0.25) is 11.8 Å². The summed E-state index contributed by atoms with van der Waals surface area (Å²) in [6.07, 6.45) is -0.114. The van der Waals surface area contributed by atoms with Crippen LogP contribution in [-0.2, 0) is 27.3 Å². The molecule has 1 saturated heterocycles. The van der Waals surface area contributed by atoms with Crippen molar-refractivity contribution >= 4 is 35.0 Å². The van der Waals surface area contributed by atoms with Gasteiger partial charge in [0.25, 0.3) is 5.91 Å². The highest BCUT2D eigenvalue weighted by Crippen LogP contribution is 2.29. The smallest absolute Gasteiger partial charge is 0.257 e. The van der Waals surface area contributed by atoms with Crippen LogP contribution in [0.5, 0.6) is 5.75 Å². The van der Waals surface area contributed by atoms with Crippen LogP contribution in [0.25, 0.3) is 0 Å². The van der Waals surface area contributed by atoms with Crippen LogP contribution >= 0.6 is 11.6 Å². The van der Waals surface area contributed by atoms with Crippen molar-refractivity contribution in [3.63, 3.8) is 0 Å². The number of hydrogen-bond acceptors (Lipinski definition) is 4. The number of ether oxygens (including phenoxy) is 1. The summed E-state index contributed by atoms with van der Waals surface area (Å²) in [5, 5.41) is 0.547. The Morgan fingerprint density at radius 2 is 1.62 bits per heavy atom. The zero-order valence-corrected chi connectivity index (χ0v) is 19.2. The fraction of sp³-hybridized carbons (Fsp3) is 0.192. The predicted molar refractivity (Wildman–Crippen MR) is 126 cm³/mol. The number of carbonyl (C=O) groups excluding carboxylic acids is 3. The molecule has 0 spiro atoms. The van der Waals surface area contributed by atoms with Crippen LogP contribution in [-0.4, -0.2) is 35.8 Å². The Morgan fingerprint density at radius 1 is 1.00 bits per heavy atom. The summed E-state index contributed by atoms with van der Waals surface area (Å²) in [6.45, 7) is 0.0623. The Hall–Kier alpha value is -3.71. The van der Waals surface area contributed by atoms with Crippen molar-refractivity contribution in [2.45, 2.75) is 25.4 Å². The minimum absolute atomic E-state index is 0.0267. The standard InChI is InChI=1S/C26H22ClFN2O4/c1-34-22-12-10-21(11-13-22)30-25(32)15-23(26(30)33)29(16-18-4-8-20(28)9-5-18)24(31)14-17-2-6-19(27)7-3-17/h2-13,23H,14-16H2,1H3. The number of carbonyl (C=O) groups is 3. The van der Waals surface area contributed by atoms with E-state index >= 15 is 0 Å². The van der Waals surface area contributed by atoms with E-state index in [1.807, 2.05) is 0 Å². The molecule has 3 aromatic rings. The van der Waals surface area contributed by atoms with Crippen LogP contribution in [0.1, 0.15) is 17.5 Å². The minimum Gasteiger partial charge on any atom is -0.497 e. The van der Waals surface area contributed by atoms with Gasteiger partial charge in [0, 0.05) is 11.6 Å². The van der Waals surface area contributed by atoms with Gasteiger partial charge in [-0.15, -0.1) is 0 Å². The van der Waals surface area contributed by atoms with E-state index in [0.717, 1.165) is 10.5 Å². The maximum atomic E-state index is 13.4. The normalized spacial score (nSPS) is 15.5. The van der Waals surface area contributed by atoms with E-state index in [1.54, 1.807) is 60.7 Å². The van der Waals surface area contributed by atoms with E-state index < -0.39 is 23.7 Å². The number of nitrogens with zero attached hydrogens (tertiary/aromatic N) is 2. The molecule has 34 heavy (non-hydrogen) atoms. The largest absolute Gasteiger partial charge is 0.497 e. The van der Waals surface area contributed by atoms with Gasteiger partial charge in [-0.3, -0.25) is 14.4 Å². The van der Waals surface area contributed by atoms with E-state index in [1.165, 1.54) is 24.1 Å². The Kier molecular flexibility index (Phi) is 6.93. The number of halogens is 2. The molecule has 174 valence electrons. The zero-order chi connectivity index (χ0) is 24.2. The zero-order valence-electron chi connectivity index (χ0n) is 18.4. The number of anilines is 1. The lowest BCUT2D eigenvalue weighted by Crippen LogP contribution is -2.45. The molecule has 6 nitrogen and oxygen atoms in total. The Labute approximate surface area is 201 Å². The average Bonchev–Trinajstić information content (AvgIpc) is 3.13. The molecular formula is C26H22ClFN2O4. The summed E-state index contributed by atoms with van der Waals surface area (Å²) in [7, 11) is 1.52. The van der Waals surface area contributed by atoms with Crippen molar-refractivity contribution in [3.8, 4) is 5.75 Å². The van der Waals surface area contributed by atoms with Crippen molar-refractivity contribution in [1.82, 2.24) is 4.90 Å². The first-order valence-corrected chi connectivity index (χ1v) is 11.0. The second kappa shape index (κ2) is 10.1. The lowest BCUT2D eigenvalue weighted by Gasteiger charge is -2.28. The number of benzene rings is 3. The van der Waals surface area contributed by atoms with Crippen LogP contribution < -0.4 is 9.64 Å². The minimum atomic E-state index is -0.973. The van der Waals surface area contributed by atoms with Gasteiger partial charge < -0.3 is 9.64 Å². The monoisotopic (exact) mass is 480 g/mol. The van der Waals surface area contributed by atoms with Gasteiger partial charge in [0.05, 0.1) is 25.6 Å². The topological polar surface area (TPSA) is 66.9 Å². The summed E-state index contributed by atoms with van der Waals surface area (Å²) < 4.78 is 18.5. The molecule has 3 aromatic carbocycles. The van der Waals surface area contributed by atoms with Gasteiger partial charge in [0.15, 0.2) is 0 Å². The van der Waals surface area contributed by atoms with Gasteiger partial charge in [-0.2, -0.15) is 0 Å². The fourth-order valence-electron chi connectivity index (χ4n) is 3.90. The first-order valence-electron chi connectivity index (χ1n) is 10.6. The molecule has 0 radical (unpaired) electrons. The quantitative estimate of drug-likeness (QED) is 0.470. The molecule has 1 atom stereocenters. The highest BCUT2D eigenvalue weighted by Gasteiger charge is 2.44. The Morgan fingerprint density at radius 3 is 2.24 bits per heavy atom. The van der Waals surface area contributed by atoms with E-state index in [-0.39, 0.29) is 25.3 Å².